The normalized spacial score (nSPS) is 13.6. The van der Waals surface area contributed by atoms with Crippen LogP contribution in [0.25, 0.3) is 0 Å². The van der Waals surface area contributed by atoms with Crippen molar-refractivity contribution in [3.05, 3.63) is 34.9 Å². The fraction of sp³-hybridized carbons (Fsp3) is 0.467. The molecule has 20 heavy (non-hydrogen) atoms. The Morgan fingerprint density at radius 3 is 2.30 bits per heavy atom. The van der Waals surface area contributed by atoms with Crippen LogP contribution in [0.1, 0.15) is 45.1 Å². The Morgan fingerprint density at radius 1 is 1.25 bits per heavy atom. The van der Waals surface area contributed by atoms with Crippen LogP contribution in [0.4, 0.5) is 0 Å². The molecule has 0 saturated heterocycles. The molecule has 0 aliphatic carbocycles. The van der Waals surface area contributed by atoms with Gasteiger partial charge in [0, 0.05) is 11.4 Å². The van der Waals surface area contributed by atoms with Crippen molar-refractivity contribution in [1.82, 2.24) is 5.32 Å². The molecule has 2 N–H and O–H groups in total. The average molecular weight is 298 g/mol. The van der Waals surface area contributed by atoms with Gasteiger partial charge in [-0.05, 0) is 30.5 Å². The molecule has 5 heteroatoms. The third-order valence-electron chi connectivity index (χ3n) is 3.34. The zero-order chi connectivity index (χ0) is 15.2. The molecule has 0 aliphatic rings. The molecule has 1 unspecified atom stereocenters. The minimum atomic E-state index is -1.39. The van der Waals surface area contributed by atoms with Crippen LogP contribution in [0.5, 0.6) is 0 Å². The standard InChI is InChI=1S/C15H20ClNO3/c1-3-5-6-13(18)17-15(4-2,14(19)20)11-7-9-12(16)10-8-11/h7-10H,3-6H2,1-2H3,(H,17,18)(H,19,20). The summed E-state index contributed by atoms with van der Waals surface area (Å²) in [6, 6.07) is 6.53. The number of hydrogen-bond acceptors (Lipinski definition) is 2. The zero-order valence-corrected chi connectivity index (χ0v) is 12.5. The van der Waals surface area contributed by atoms with Crippen molar-refractivity contribution in [2.24, 2.45) is 0 Å². The van der Waals surface area contributed by atoms with E-state index in [0.29, 0.717) is 17.0 Å². The molecule has 0 aliphatic heterocycles. The summed E-state index contributed by atoms with van der Waals surface area (Å²) >= 11 is 5.82. The summed E-state index contributed by atoms with van der Waals surface area (Å²) in [4.78, 5) is 23.6. The summed E-state index contributed by atoms with van der Waals surface area (Å²) in [5.41, 5.74) is -0.864. The molecule has 0 radical (unpaired) electrons. The zero-order valence-electron chi connectivity index (χ0n) is 11.8. The third-order valence-corrected chi connectivity index (χ3v) is 3.59. The number of carboxylic acid groups (broad SMARTS) is 1. The quantitative estimate of drug-likeness (QED) is 0.811. The Hall–Kier alpha value is -1.55. The van der Waals surface area contributed by atoms with Crippen LogP contribution in [0.15, 0.2) is 24.3 Å². The van der Waals surface area contributed by atoms with E-state index in [2.05, 4.69) is 5.32 Å². The molecule has 0 saturated carbocycles. The molecule has 0 aromatic heterocycles. The highest BCUT2D eigenvalue weighted by atomic mass is 35.5. The summed E-state index contributed by atoms with van der Waals surface area (Å²) in [7, 11) is 0. The van der Waals surface area contributed by atoms with Crippen LogP contribution >= 0.6 is 11.6 Å². The van der Waals surface area contributed by atoms with Gasteiger partial charge in [-0.2, -0.15) is 0 Å². The van der Waals surface area contributed by atoms with E-state index in [9.17, 15) is 14.7 Å². The van der Waals surface area contributed by atoms with E-state index in [1.165, 1.54) is 0 Å². The molecule has 0 heterocycles. The predicted octanol–water partition coefficient (Wildman–Crippen LogP) is 3.34. The fourth-order valence-corrected chi connectivity index (χ4v) is 2.19. The van der Waals surface area contributed by atoms with E-state index in [1.807, 2.05) is 6.92 Å². The molecule has 1 atom stereocenters. The Balaban J connectivity index is 3.06. The summed E-state index contributed by atoms with van der Waals surface area (Å²) in [6.45, 7) is 3.72. The van der Waals surface area contributed by atoms with E-state index >= 15 is 0 Å². The van der Waals surface area contributed by atoms with Gasteiger partial charge in [0.1, 0.15) is 0 Å². The number of unbranched alkanes of at least 4 members (excludes halogenated alkanes) is 1. The van der Waals surface area contributed by atoms with E-state index < -0.39 is 11.5 Å². The second-order valence-corrected chi connectivity index (χ2v) is 5.16. The van der Waals surface area contributed by atoms with Gasteiger partial charge in [0.2, 0.25) is 5.91 Å². The maximum Gasteiger partial charge on any atom is 0.334 e. The summed E-state index contributed by atoms with van der Waals surface area (Å²) in [5, 5.41) is 12.8. The number of benzene rings is 1. The second-order valence-electron chi connectivity index (χ2n) is 4.72. The minimum Gasteiger partial charge on any atom is -0.479 e. The number of nitrogens with one attached hydrogen (secondary N) is 1. The van der Waals surface area contributed by atoms with E-state index in [1.54, 1.807) is 31.2 Å². The van der Waals surface area contributed by atoms with E-state index in [0.717, 1.165) is 12.8 Å². The summed E-state index contributed by atoms with van der Waals surface area (Å²) in [5.74, 6) is -1.31. The lowest BCUT2D eigenvalue weighted by Crippen LogP contribution is -2.51. The Bertz CT molecular complexity index is 473. The molecular weight excluding hydrogens is 278 g/mol. The van der Waals surface area contributed by atoms with Crippen molar-refractivity contribution in [1.29, 1.82) is 0 Å². The van der Waals surface area contributed by atoms with Crippen molar-refractivity contribution >= 4 is 23.5 Å². The van der Waals surface area contributed by atoms with E-state index in [-0.39, 0.29) is 12.3 Å². The van der Waals surface area contributed by atoms with Gasteiger partial charge in [0.15, 0.2) is 5.54 Å². The number of rotatable bonds is 7. The first-order valence-corrected chi connectivity index (χ1v) is 7.14. The Kier molecular flexibility index (Phi) is 6.02. The monoisotopic (exact) mass is 297 g/mol. The lowest BCUT2D eigenvalue weighted by molar-refractivity contribution is -0.148. The van der Waals surface area contributed by atoms with Gasteiger partial charge in [-0.25, -0.2) is 4.79 Å². The number of amides is 1. The van der Waals surface area contributed by atoms with Gasteiger partial charge in [-0.3, -0.25) is 4.79 Å². The number of carboxylic acids is 1. The number of carbonyl (C=O) groups excluding carboxylic acids is 1. The highest BCUT2D eigenvalue weighted by Gasteiger charge is 2.40. The van der Waals surface area contributed by atoms with Crippen LogP contribution < -0.4 is 5.32 Å². The van der Waals surface area contributed by atoms with Gasteiger partial charge in [-0.1, -0.05) is 44.0 Å². The number of halogens is 1. The highest BCUT2D eigenvalue weighted by Crippen LogP contribution is 2.27. The Labute approximate surface area is 124 Å². The van der Waals surface area contributed by atoms with Crippen LogP contribution in [0.3, 0.4) is 0 Å². The van der Waals surface area contributed by atoms with Gasteiger partial charge >= 0.3 is 5.97 Å². The molecule has 110 valence electrons. The number of carbonyl (C=O) groups is 2. The molecule has 0 fully saturated rings. The second kappa shape index (κ2) is 7.29. The average Bonchev–Trinajstić information content (AvgIpc) is 2.43. The lowest BCUT2D eigenvalue weighted by Gasteiger charge is -2.30. The van der Waals surface area contributed by atoms with Crippen LogP contribution in [0.2, 0.25) is 5.02 Å². The molecule has 1 aromatic carbocycles. The largest absolute Gasteiger partial charge is 0.479 e. The van der Waals surface area contributed by atoms with Gasteiger partial charge in [0.25, 0.3) is 0 Å². The van der Waals surface area contributed by atoms with Gasteiger partial charge in [-0.15, -0.1) is 0 Å². The lowest BCUT2D eigenvalue weighted by atomic mass is 9.87. The topological polar surface area (TPSA) is 66.4 Å². The summed E-state index contributed by atoms with van der Waals surface area (Å²) < 4.78 is 0. The Morgan fingerprint density at radius 2 is 1.85 bits per heavy atom. The van der Waals surface area contributed by atoms with Crippen LogP contribution in [-0.4, -0.2) is 17.0 Å². The number of aliphatic carboxylic acids is 1. The van der Waals surface area contributed by atoms with Gasteiger partial charge in [0.05, 0.1) is 0 Å². The van der Waals surface area contributed by atoms with Crippen molar-refractivity contribution < 1.29 is 14.7 Å². The molecule has 1 rings (SSSR count). The van der Waals surface area contributed by atoms with Crippen molar-refractivity contribution in [3.63, 3.8) is 0 Å². The maximum atomic E-state index is 11.9. The molecular formula is C15H20ClNO3. The molecule has 0 spiro atoms. The molecule has 4 nitrogen and oxygen atoms in total. The van der Waals surface area contributed by atoms with Crippen molar-refractivity contribution in [3.8, 4) is 0 Å². The van der Waals surface area contributed by atoms with Crippen LogP contribution in [0, 0.1) is 0 Å². The first-order chi connectivity index (χ1) is 9.46. The van der Waals surface area contributed by atoms with Crippen LogP contribution in [-0.2, 0) is 15.1 Å². The van der Waals surface area contributed by atoms with Crippen molar-refractivity contribution in [2.75, 3.05) is 0 Å². The smallest absolute Gasteiger partial charge is 0.334 e. The summed E-state index contributed by atoms with van der Waals surface area (Å²) in [6.07, 6.45) is 2.23. The van der Waals surface area contributed by atoms with Gasteiger partial charge < -0.3 is 10.4 Å². The minimum absolute atomic E-state index is 0.244. The predicted molar refractivity (Wildman–Crippen MR) is 78.7 cm³/mol. The first-order valence-electron chi connectivity index (χ1n) is 6.76. The number of hydrogen-bond donors (Lipinski definition) is 2. The SMILES string of the molecule is CCCCC(=O)NC(CC)(C(=O)O)c1ccc(Cl)cc1. The molecule has 1 aromatic rings. The molecule has 1 amide bonds. The van der Waals surface area contributed by atoms with E-state index in [4.69, 9.17) is 11.6 Å². The third kappa shape index (κ3) is 3.73. The first kappa shape index (κ1) is 16.5. The highest BCUT2D eigenvalue weighted by molar-refractivity contribution is 6.30. The van der Waals surface area contributed by atoms with Crippen molar-refractivity contribution in [2.45, 2.75) is 45.1 Å². The molecule has 0 bridgehead atoms. The fourth-order valence-electron chi connectivity index (χ4n) is 2.07. The maximum absolute atomic E-state index is 11.9.